The predicted octanol–water partition coefficient (Wildman–Crippen LogP) is 3.63. The lowest BCUT2D eigenvalue weighted by atomic mass is 9.91. The van der Waals surface area contributed by atoms with E-state index in [1.807, 2.05) is 43.3 Å². The summed E-state index contributed by atoms with van der Waals surface area (Å²) in [6, 6.07) is 11.6. The summed E-state index contributed by atoms with van der Waals surface area (Å²) < 4.78 is 5.89. The van der Waals surface area contributed by atoms with Crippen LogP contribution in [0.3, 0.4) is 0 Å². The van der Waals surface area contributed by atoms with Crippen molar-refractivity contribution in [1.82, 2.24) is 0 Å². The molecule has 2 aromatic rings. The highest BCUT2D eigenvalue weighted by Gasteiger charge is 2.25. The van der Waals surface area contributed by atoms with E-state index in [1.54, 1.807) is 7.11 Å². The van der Waals surface area contributed by atoms with Crippen LogP contribution in [0.1, 0.15) is 17.4 Å². The average Bonchev–Trinajstić information content (AvgIpc) is 2.77. The Morgan fingerprint density at radius 3 is 2.29 bits per heavy atom. The Bertz CT molecular complexity index is 504. The van der Waals surface area contributed by atoms with Crippen LogP contribution >= 0.6 is 22.9 Å². The van der Waals surface area contributed by atoms with E-state index in [2.05, 4.69) is 0 Å². The van der Waals surface area contributed by atoms with Crippen LogP contribution in [-0.4, -0.2) is 7.11 Å². The third-order valence-corrected chi connectivity index (χ3v) is 4.24. The molecule has 2 rings (SSSR count). The van der Waals surface area contributed by atoms with Crippen molar-refractivity contribution in [2.24, 2.45) is 5.73 Å². The molecule has 0 bridgehead atoms. The van der Waals surface area contributed by atoms with E-state index in [1.165, 1.54) is 11.3 Å². The van der Waals surface area contributed by atoms with Crippen molar-refractivity contribution in [3.05, 3.63) is 51.2 Å². The van der Waals surface area contributed by atoms with Gasteiger partial charge in [0.1, 0.15) is 5.75 Å². The lowest BCUT2D eigenvalue weighted by Crippen LogP contribution is -2.33. The highest BCUT2D eigenvalue weighted by Crippen LogP contribution is 2.34. The van der Waals surface area contributed by atoms with Gasteiger partial charge >= 0.3 is 0 Å². The third kappa shape index (κ3) is 2.46. The number of nitrogens with two attached hydrogens (primary N) is 1. The number of rotatable bonds is 3. The van der Waals surface area contributed by atoms with E-state index in [4.69, 9.17) is 22.1 Å². The number of benzene rings is 1. The van der Waals surface area contributed by atoms with E-state index in [-0.39, 0.29) is 0 Å². The Hall–Kier alpha value is -1.03. The van der Waals surface area contributed by atoms with Crippen molar-refractivity contribution >= 4 is 22.9 Å². The molecule has 2 nitrogen and oxygen atoms in total. The van der Waals surface area contributed by atoms with Gasteiger partial charge in [0.05, 0.1) is 17.0 Å². The summed E-state index contributed by atoms with van der Waals surface area (Å²) in [7, 11) is 1.65. The van der Waals surface area contributed by atoms with Gasteiger partial charge in [-0.25, -0.2) is 0 Å². The minimum absolute atomic E-state index is 0.524. The van der Waals surface area contributed by atoms with Crippen LogP contribution in [0.4, 0.5) is 0 Å². The van der Waals surface area contributed by atoms with E-state index in [9.17, 15) is 0 Å². The van der Waals surface area contributed by atoms with Gasteiger partial charge in [-0.2, -0.15) is 0 Å². The van der Waals surface area contributed by atoms with Crippen LogP contribution in [0.15, 0.2) is 36.4 Å². The second-order valence-corrected chi connectivity index (χ2v) is 5.75. The van der Waals surface area contributed by atoms with Crippen molar-refractivity contribution in [2.75, 3.05) is 7.11 Å². The molecule has 0 amide bonds. The summed E-state index contributed by atoms with van der Waals surface area (Å²) in [5, 5.41) is 0. The average molecular weight is 268 g/mol. The fraction of sp³-hybridized carbons (Fsp3) is 0.231. The summed E-state index contributed by atoms with van der Waals surface area (Å²) >= 11 is 7.45. The van der Waals surface area contributed by atoms with Gasteiger partial charge in [-0.1, -0.05) is 23.7 Å². The van der Waals surface area contributed by atoms with Crippen molar-refractivity contribution in [2.45, 2.75) is 12.5 Å². The summed E-state index contributed by atoms with van der Waals surface area (Å²) in [6.07, 6.45) is 0. The van der Waals surface area contributed by atoms with Crippen LogP contribution in [0.5, 0.6) is 5.75 Å². The molecule has 0 fully saturated rings. The molecule has 1 aromatic carbocycles. The fourth-order valence-corrected chi connectivity index (χ4v) is 2.80. The van der Waals surface area contributed by atoms with Gasteiger partial charge in [0.25, 0.3) is 0 Å². The van der Waals surface area contributed by atoms with Crippen molar-refractivity contribution in [3.8, 4) is 5.75 Å². The first-order valence-corrected chi connectivity index (χ1v) is 6.42. The van der Waals surface area contributed by atoms with Crippen LogP contribution in [0, 0.1) is 0 Å². The van der Waals surface area contributed by atoms with Gasteiger partial charge in [0, 0.05) is 4.88 Å². The van der Waals surface area contributed by atoms with Gasteiger partial charge < -0.3 is 10.5 Å². The van der Waals surface area contributed by atoms with Gasteiger partial charge in [-0.3, -0.25) is 0 Å². The van der Waals surface area contributed by atoms with Crippen LogP contribution in [0.2, 0.25) is 4.34 Å². The molecule has 90 valence electrons. The zero-order valence-corrected chi connectivity index (χ0v) is 11.3. The fourth-order valence-electron chi connectivity index (χ4n) is 1.67. The summed E-state index contributed by atoms with van der Waals surface area (Å²) in [4.78, 5) is 1.05. The van der Waals surface area contributed by atoms with Crippen molar-refractivity contribution in [3.63, 3.8) is 0 Å². The van der Waals surface area contributed by atoms with Crippen LogP contribution in [0.25, 0.3) is 0 Å². The Morgan fingerprint density at radius 1 is 1.18 bits per heavy atom. The number of halogens is 1. The maximum atomic E-state index is 6.38. The molecule has 0 saturated heterocycles. The Morgan fingerprint density at radius 2 is 1.82 bits per heavy atom. The quantitative estimate of drug-likeness (QED) is 0.922. The van der Waals surface area contributed by atoms with Gasteiger partial charge in [0.2, 0.25) is 0 Å². The Balaban J connectivity index is 2.36. The number of methoxy groups -OCH3 is 1. The molecule has 0 aliphatic carbocycles. The number of hydrogen-bond acceptors (Lipinski definition) is 3. The zero-order valence-electron chi connectivity index (χ0n) is 9.74. The molecular weight excluding hydrogens is 254 g/mol. The number of thiophene rings is 1. The Kier molecular flexibility index (Phi) is 3.43. The first-order chi connectivity index (χ1) is 8.04. The Labute approximate surface area is 110 Å². The lowest BCUT2D eigenvalue weighted by molar-refractivity contribution is 0.414. The maximum absolute atomic E-state index is 6.38. The van der Waals surface area contributed by atoms with Crippen molar-refractivity contribution < 1.29 is 4.74 Å². The summed E-state index contributed by atoms with van der Waals surface area (Å²) in [6.45, 7) is 1.98. The van der Waals surface area contributed by atoms with E-state index >= 15 is 0 Å². The minimum atomic E-state index is -0.524. The molecule has 0 saturated carbocycles. The molecule has 0 aliphatic heterocycles. The normalized spacial score (nSPS) is 14.4. The van der Waals surface area contributed by atoms with Gasteiger partial charge in [-0.05, 0) is 36.8 Å². The molecule has 0 spiro atoms. The molecule has 1 atom stereocenters. The third-order valence-electron chi connectivity index (χ3n) is 2.77. The summed E-state index contributed by atoms with van der Waals surface area (Å²) in [5.74, 6) is 0.828. The van der Waals surface area contributed by atoms with Gasteiger partial charge in [0.15, 0.2) is 0 Å². The molecule has 1 heterocycles. The zero-order chi connectivity index (χ0) is 12.5. The largest absolute Gasteiger partial charge is 0.497 e. The monoisotopic (exact) mass is 267 g/mol. The van der Waals surface area contributed by atoms with Crippen LogP contribution < -0.4 is 10.5 Å². The molecule has 0 radical (unpaired) electrons. The highest BCUT2D eigenvalue weighted by atomic mass is 35.5. The second-order valence-electron chi connectivity index (χ2n) is 4.03. The topological polar surface area (TPSA) is 35.2 Å². The standard InChI is InChI=1S/C13H14ClNOS/c1-13(15,11-7-8-12(14)17-11)9-3-5-10(16-2)6-4-9/h3-8H,15H2,1-2H3. The van der Waals surface area contributed by atoms with E-state index in [0.717, 1.165) is 20.5 Å². The van der Waals surface area contributed by atoms with E-state index < -0.39 is 5.54 Å². The van der Waals surface area contributed by atoms with Gasteiger partial charge in [-0.15, -0.1) is 11.3 Å². The molecule has 2 N–H and O–H groups in total. The highest BCUT2D eigenvalue weighted by molar-refractivity contribution is 7.16. The van der Waals surface area contributed by atoms with Crippen LogP contribution in [-0.2, 0) is 5.54 Å². The lowest BCUT2D eigenvalue weighted by Gasteiger charge is -2.24. The number of ether oxygens (including phenoxy) is 1. The molecule has 0 aliphatic rings. The van der Waals surface area contributed by atoms with E-state index in [0.29, 0.717) is 0 Å². The molecule has 17 heavy (non-hydrogen) atoms. The molecular formula is C13H14ClNOS. The second kappa shape index (κ2) is 4.69. The molecule has 1 unspecified atom stereocenters. The maximum Gasteiger partial charge on any atom is 0.118 e. The first-order valence-electron chi connectivity index (χ1n) is 5.23. The minimum Gasteiger partial charge on any atom is -0.497 e. The SMILES string of the molecule is COc1ccc(C(C)(N)c2ccc(Cl)s2)cc1. The first kappa shape index (κ1) is 12.4. The predicted molar refractivity (Wildman–Crippen MR) is 73.0 cm³/mol. The summed E-state index contributed by atoms with van der Waals surface area (Å²) in [5.41, 5.74) is 6.89. The molecule has 4 heteroatoms. The smallest absolute Gasteiger partial charge is 0.118 e. The van der Waals surface area contributed by atoms with Crippen molar-refractivity contribution in [1.29, 1.82) is 0 Å². The molecule has 1 aromatic heterocycles. The number of hydrogen-bond donors (Lipinski definition) is 1.